The zero-order chi connectivity index (χ0) is 19.4. The van der Waals surface area contributed by atoms with Crippen LogP contribution in [0.5, 0.6) is 0 Å². The second-order valence-electron chi connectivity index (χ2n) is 6.74. The largest absolute Gasteiger partial charge is 0.353 e. The molecule has 2 aromatic rings. The average Bonchev–Trinajstić information content (AvgIpc) is 3.23. The molecule has 146 valence electrons. The molecule has 27 heavy (non-hydrogen) atoms. The maximum absolute atomic E-state index is 12.9. The van der Waals surface area contributed by atoms with Gasteiger partial charge in [-0.3, -0.25) is 4.79 Å². The first-order chi connectivity index (χ1) is 12.9. The molecule has 0 unspecified atom stereocenters. The van der Waals surface area contributed by atoms with E-state index < -0.39 is 10.0 Å². The van der Waals surface area contributed by atoms with Crippen LogP contribution < -0.4 is 5.32 Å². The summed E-state index contributed by atoms with van der Waals surface area (Å²) in [6, 6.07) is 6.56. The van der Waals surface area contributed by atoms with Crippen molar-refractivity contribution in [3.8, 4) is 5.69 Å². The number of nitrogens with one attached hydrogen (secondary N) is 1. The van der Waals surface area contributed by atoms with Gasteiger partial charge in [0.15, 0.2) is 0 Å². The van der Waals surface area contributed by atoms with Crippen molar-refractivity contribution in [3.63, 3.8) is 0 Å². The highest BCUT2D eigenvalue weighted by molar-refractivity contribution is 7.89. The van der Waals surface area contributed by atoms with Crippen LogP contribution in [0.25, 0.3) is 5.69 Å². The van der Waals surface area contributed by atoms with Crippen molar-refractivity contribution in [2.75, 3.05) is 13.1 Å². The summed E-state index contributed by atoms with van der Waals surface area (Å²) in [7, 11) is -3.58. The summed E-state index contributed by atoms with van der Waals surface area (Å²) in [5, 5.41) is 13.9. The second kappa shape index (κ2) is 8.13. The van der Waals surface area contributed by atoms with Crippen molar-refractivity contribution in [1.29, 1.82) is 0 Å². The highest BCUT2D eigenvalue weighted by Crippen LogP contribution is 2.24. The van der Waals surface area contributed by atoms with E-state index in [0.29, 0.717) is 31.6 Å². The molecule has 1 aliphatic heterocycles. The Morgan fingerprint density at radius 2 is 1.93 bits per heavy atom. The van der Waals surface area contributed by atoms with E-state index in [0.717, 1.165) is 6.42 Å². The van der Waals surface area contributed by atoms with Gasteiger partial charge in [0.25, 0.3) is 0 Å². The SMILES string of the molecule is CC[C@H](C)NC(=O)C1CCN(S(=O)(=O)c2ccc(-n3cnnn3)cc2)CC1. The number of hydrogen-bond donors (Lipinski definition) is 1. The molecule has 9 nitrogen and oxygen atoms in total. The topological polar surface area (TPSA) is 110 Å². The van der Waals surface area contributed by atoms with Crippen molar-refractivity contribution >= 4 is 15.9 Å². The van der Waals surface area contributed by atoms with Crippen molar-refractivity contribution in [1.82, 2.24) is 29.8 Å². The Morgan fingerprint density at radius 3 is 2.48 bits per heavy atom. The highest BCUT2D eigenvalue weighted by atomic mass is 32.2. The van der Waals surface area contributed by atoms with Crippen LogP contribution in [0.3, 0.4) is 0 Å². The molecule has 1 aromatic heterocycles. The fraction of sp³-hybridized carbons (Fsp3) is 0.529. The molecule has 1 saturated heterocycles. The number of nitrogens with zero attached hydrogens (tertiary/aromatic N) is 5. The van der Waals surface area contributed by atoms with Crippen molar-refractivity contribution in [3.05, 3.63) is 30.6 Å². The third-order valence-corrected chi connectivity index (χ3v) is 6.83. The molecule has 1 fully saturated rings. The van der Waals surface area contributed by atoms with Gasteiger partial charge < -0.3 is 5.32 Å². The zero-order valence-corrected chi connectivity index (χ0v) is 16.3. The molecule has 2 heterocycles. The Morgan fingerprint density at radius 1 is 1.26 bits per heavy atom. The molecule has 0 aliphatic carbocycles. The van der Waals surface area contributed by atoms with E-state index >= 15 is 0 Å². The van der Waals surface area contributed by atoms with Crippen LogP contribution in [-0.4, -0.2) is 58.0 Å². The lowest BCUT2D eigenvalue weighted by Crippen LogP contribution is -2.44. The Balaban J connectivity index is 1.64. The van der Waals surface area contributed by atoms with E-state index in [-0.39, 0.29) is 22.8 Å². The quantitative estimate of drug-likeness (QED) is 0.785. The molecule has 3 rings (SSSR count). The van der Waals surface area contributed by atoms with Crippen molar-refractivity contribution in [2.24, 2.45) is 5.92 Å². The van der Waals surface area contributed by atoms with E-state index in [9.17, 15) is 13.2 Å². The van der Waals surface area contributed by atoms with Gasteiger partial charge in [0.1, 0.15) is 6.33 Å². The molecule has 10 heteroatoms. The van der Waals surface area contributed by atoms with Gasteiger partial charge in [-0.2, -0.15) is 4.31 Å². The molecule has 0 radical (unpaired) electrons. The molecule has 1 N–H and O–H groups in total. The average molecular weight is 392 g/mol. The molecule has 0 bridgehead atoms. The molecule has 1 aliphatic rings. The predicted octanol–water partition coefficient (Wildman–Crippen LogP) is 0.978. The van der Waals surface area contributed by atoms with Crippen LogP contribution >= 0.6 is 0 Å². The monoisotopic (exact) mass is 392 g/mol. The number of carbonyl (C=O) groups is 1. The number of sulfonamides is 1. The molecule has 0 spiro atoms. The third kappa shape index (κ3) is 4.33. The minimum absolute atomic E-state index is 0.0205. The van der Waals surface area contributed by atoms with E-state index in [1.54, 1.807) is 24.3 Å². The first-order valence-corrected chi connectivity index (χ1v) is 10.5. The first kappa shape index (κ1) is 19.4. The van der Waals surface area contributed by atoms with Crippen molar-refractivity contribution in [2.45, 2.75) is 44.0 Å². The third-order valence-electron chi connectivity index (χ3n) is 4.91. The molecule has 1 atom stereocenters. The summed E-state index contributed by atoms with van der Waals surface area (Å²) in [6.07, 6.45) is 3.38. The standard InChI is InChI=1S/C17H24N6O3S/c1-3-13(2)19-17(24)14-8-10-22(11-9-14)27(25,26)16-6-4-15(5-7-16)23-12-18-20-21-23/h4-7,12-14H,3,8-11H2,1-2H3,(H,19,24)/t13-/m0/s1. The van der Waals surface area contributed by atoms with Crippen molar-refractivity contribution < 1.29 is 13.2 Å². The van der Waals surface area contributed by atoms with E-state index in [1.807, 2.05) is 13.8 Å². The summed E-state index contributed by atoms with van der Waals surface area (Å²) < 4.78 is 28.6. The fourth-order valence-electron chi connectivity index (χ4n) is 3.02. The highest BCUT2D eigenvalue weighted by Gasteiger charge is 2.32. The number of aromatic nitrogens is 4. The van der Waals surface area contributed by atoms with E-state index in [1.165, 1.54) is 15.3 Å². The van der Waals surface area contributed by atoms with Crippen LogP contribution in [0, 0.1) is 5.92 Å². The number of benzene rings is 1. The summed E-state index contributed by atoms with van der Waals surface area (Å²) in [5.41, 5.74) is 0.680. The Hall–Kier alpha value is -2.33. The first-order valence-electron chi connectivity index (χ1n) is 9.05. The Kier molecular flexibility index (Phi) is 5.85. The Bertz CT molecular complexity index is 859. The van der Waals surface area contributed by atoms with E-state index in [2.05, 4.69) is 20.8 Å². The smallest absolute Gasteiger partial charge is 0.243 e. The van der Waals surface area contributed by atoms with Gasteiger partial charge in [-0.15, -0.1) is 5.10 Å². The van der Waals surface area contributed by atoms with Crippen LogP contribution in [0.4, 0.5) is 0 Å². The maximum Gasteiger partial charge on any atom is 0.243 e. The molecule has 1 aromatic carbocycles. The lowest BCUT2D eigenvalue weighted by Gasteiger charge is -2.31. The minimum atomic E-state index is -3.58. The van der Waals surface area contributed by atoms with Gasteiger partial charge >= 0.3 is 0 Å². The number of carbonyl (C=O) groups excluding carboxylic acids is 1. The second-order valence-corrected chi connectivity index (χ2v) is 8.68. The summed E-state index contributed by atoms with van der Waals surface area (Å²) in [5.74, 6) is -0.111. The van der Waals surface area contributed by atoms with Gasteiger partial charge in [0.05, 0.1) is 10.6 Å². The molecule has 1 amide bonds. The summed E-state index contributed by atoms with van der Waals surface area (Å²) in [4.78, 5) is 12.5. The van der Waals surface area contributed by atoms with Gasteiger partial charge in [0, 0.05) is 25.0 Å². The Labute approximate surface area is 158 Å². The number of amides is 1. The number of rotatable bonds is 6. The van der Waals surface area contributed by atoms with Gasteiger partial charge in [-0.05, 0) is 60.9 Å². The van der Waals surface area contributed by atoms with Crippen LogP contribution in [0.2, 0.25) is 0 Å². The van der Waals surface area contributed by atoms with Crippen LogP contribution in [-0.2, 0) is 14.8 Å². The minimum Gasteiger partial charge on any atom is -0.353 e. The van der Waals surface area contributed by atoms with Crippen LogP contribution in [0.15, 0.2) is 35.5 Å². The maximum atomic E-state index is 12.9. The van der Waals surface area contributed by atoms with Gasteiger partial charge in [0.2, 0.25) is 15.9 Å². The normalized spacial score (nSPS) is 17.6. The number of hydrogen-bond acceptors (Lipinski definition) is 6. The molecule has 0 saturated carbocycles. The van der Waals surface area contributed by atoms with Gasteiger partial charge in [-0.25, -0.2) is 13.1 Å². The summed E-state index contributed by atoms with van der Waals surface area (Å²) in [6.45, 7) is 4.67. The van der Waals surface area contributed by atoms with Gasteiger partial charge in [-0.1, -0.05) is 6.92 Å². The summed E-state index contributed by atoms with van der Waals surface area (Å²) >= 11 is 0. The molecular weight excluding hydrogens is 368 g/mol. The van der Waals surface area contributed by atoms with E-state index in [4.69, 9.17) is 0 Å². The lowest BCUT2D eigenvalue weighted by atomic mass is 9.97. The van der Waals surface area contributed by atoms with Crippen LogP contribution in [0.1, 0.15) is 33.1 Å². The lowest BCUT2D eigenvalue weighted by molar-refractivity contribution is -0.126. The number of tetrazole rings is 1. The zero-order valence-electron chi connectivity index (χ0n) is 15.4. The fourth-order valence-corrected chi connectivity index (χ4v) is 4.49. The number of piperidine rings is 1. The predicted molar refractivity (Wildman–Crippen MR) is 98.5 cm³/mol. The molecular formula is C17H24N6O3S.